The number of hydrogen-bond acceptors (Lipinski definition) is 5. The average Bonchev–Trinajstić information content (AvgIpc) is 3.14. The van der Waals surface area contributed by atoms with Gasteiger partial charge in [0.05, 0.1) is 42.9 Å². The highest BCUT2D eigenvalue weighted by molar-refractivity contribution is 5.95. The van der Waals surface area contributed by atoms with Gasteiger partial charge < -0.3 is 20.4 Å². The third kappa shape index (κ3) is 5.53. The van der Waals surface area contributed by atoms with Gasteiger partial charge in [-0.2, -0.15) is 13.2 Å². The molecule has 1 amide bonds. The fraction of sp³-hybridized carbons (Fsp3) is 0.333. The van der Waals surface area contributed by atoms with E-state index in [4.69, 9.17) is 4.74 Å². The van der Waals surface area contributed by atoms with Gasteiger partial charge in [0.25, 0.3) is 0 Å². The van der Waals surface area contributed by atoms with Gasteiger partial charge in [0.1, 0.15) is 5.82 Å². The summed E-state index contributed by atoms with van der Waals surface area (Å²) in [6.07, 6.45) is -4.43. The number of aromatic amines is 1. The lowest BCUT2D eigenvalue weighted by Gasteiger charge is -2.25. The number of halogens is 3. The highest BCUT2D eigenvalue weighted by Gasteiger charge is 2.30. The maximum atomic E-state index is 12.8. The third-order valence-electron chi connectivity index (χ3n) is 4.93. The van der Waals surface area contributed by atoms with Crippen LogP contribution < -0.4 is 10.6 Å². The molecular formula is C21H22F3N5O2. The number of hydrogen-bond donors (Lipinski definition) is 3. The largest absolute Gasteiger partial charge is 0.416 e. The van der Waals surface area contributed by atoms with Gasteiger partial charge in [0.2, 0.25) is 5.91 Å². The van der Waals surface area contributed by atoms with E-state index in [1.54, 1.807) is 12.1 Å². The number of nitrogens with zero attached hydrogens (tertiary/aromatic N) is 2. The molecule has 164 valence electrons. The van der Waals surface area contributed by atoms with Crippen molar-refractivity contribution in [2.24, 2.45) is 0 Å². The molecule has 4 rings (SSSR count). The maximum absolute atomic E-state index is 12.8. The Hall–Kier alpha value is -3.11. The lowest BCUT2D eigenvalue weighted by atomic mass is 10.2. The molecule has 31 heavy (non-hydrogen) atoms. The highest BCUT2D eigenvalue weighted by Crippen LogP contribution is 2.30. The number of carbonyl (C=O) groups excluding carboxylic acids is 1. The second kappa shape index (κ2) is 8.94. The number of rotatable bonds is 6. The first-order chi connectivity index (χ1) is 14.9. The summed E-state index contributed by atoms with van der Waals surface area (Å²) in [5.41, 5.74) is 1.62. The maximum Gasteiger partial charge on any atom is 0.416 e. The molecule has 1 aliphatic rings. The van der Waals surface area contributed by atoms with E-state index in [1.807, 2.05) is 6.07 Å². The molecule has 0 unspecified atom stereocenters. The van der Waals surface area contributed by atoms with E-state index >= 15 is 0 Å². The lowest BCUT2D eigenvalue weighted by molar-refractivity contribution is -0.137. The molecule has 2 aromatic carbocycles. The molecule has 0 atom stereocenters. The predicted octanol–water partition coefficient (Wildman–Crippen LogP) is 3.46. The summed E-state index contributed by atoms with van der Waals surface area (Å²) >= 11 is 0. The standard InChI is InChI=1S/C21H22F3N5O2/c22-21(23,24)14-2-1-3-15(10-14)25-12-20(30)26-16-4-5-17-18(11-16)28-19(27-17)13-29-6-8-31-9-7-29/h1-5,10-11,25H,6-9,12-13H2,(H,26,30)(H,27,28). The van der Waals surface area contributed by atoms with Gasteiger partial charge in [0.15, 0.2) is 0 Å². The van der Waals surface area contributed by atoms with Crippen LogP contribution >= 0.6 is 0 Å². The third-order valence-corrected chi connectivity index (χ3v) is 4.93. The molecule has 1 aliphatic heterocycles. The zero-order valence-corrected chi connectivity index (χ0v) is 16.6. The van der Waals surface area contributed by atoms with Crippen molar-refractivity contribution in [1.29, 1.82) is 0 Å². The topological polar surface area (TPSA) is 82.3 Å². The Balaban J connectivity index is 1.35. The van der Waals surface area contributed by atoms with Gasteiger partial charge >= 0.3 is 6.18 Å². The summed E-state index contributed by atoms with van der Waals surface area (Å²) < 4.78 is 43.7. The molecule has 0 radical (unpaired) electrons. The Morgan fingerprint density at radius 1 is 1.13 bits per heavy atom. The van der Waals surface area contributed by atoms with E-state index in [0.29, 0.717) is 25.4 Å². The minimum absolute atomic E-state index is 0.162. The number of imidazole rings is 1. The zero-order chi connectivity index (χ0) is 21.8. The summed E-state index contributed by atoms with van der Waals surface area (Å²) in [5.74, 6) is 0.469. The van der Waals surface area contributed by atoms with E-state index in [-0.39, 0.29) is 18.1 Å². The van der Waals surface area contributed by atoms with E-state index in [1.165, 1.54) is 12.1 Å². The molecule has 3 N–H and O–H groups in total. The number of ether oxygens (including phenoxy) is 1. The molecule has 7 nitrogen and oxygen atoms in total. The number of benzene rings is 2. The Kier molecular flexibility index (Phi) is 6.10. The Morgan fingerprint density at radius 2 is 1.94 bits per heavy atom. The van der Waals surface area contributed by atoms with E-state index < -0.39 is 11.7 Å². The molecule has 1 aromatic heterocycles. The molecule has 1 saturated heterocycles. The number of nitrogens with one attached hydrogen (secondary N) is 3. The van der Waals surface area contributed by atoms with E-state index in [0.717, 1.165) is 42.1 Å². The van der Waals surface area contributed by atoms with Crippen LogP contribution in [0.2, 0.25) is 0 Å². The zero-order valence-electron chi connectivity index (χ0n) is 16.6. The van der Waals surface area contributed by atoms with Crippen molar-refractivity contribution in [2.75, 3.05) is 43.5 Å². The first-order valence-corrected chi connectivity index (χ1v) is 9.86. The summed E-state index contributed by atoms with van der Waals surface area (Å²) in [4.78, 5) is 22.3. The molecular weight excluding hydrogens is 411 g/mol. The van der Waals surface area contributed by atoms with E-state index in [2.05, 4.69) is 25.5 Å². The van der Waals surface area contributed by atoms with Gasteiger partial charge in [-0.3, -0.25) is 9.69 Å². The first kappa shape index (κ1) is 21.1. The molecule has 0 saturated carbocycles. The second-order valence-electron chi connectivity index (χ2n) is 7.28. The molecule has 3 aromatic rings. The van der Waals surface area contributed by atoms with Crippen molar-refractivity contribution in [1.82, 2.24) is 14.9 Å². The van der Waals surface area contributed by atoms with Gasteiger partial charge in [-0.05, 0) is 36.4 Å². The predicted molar refractivity (Wildman–Crippen MR) is 111 cm³/mol. The van der Waals surface area contributed by atoms with E-state index in [9.17, 15) is 18.0 Å². The van der Waals surface area contributed by atoms with Crippen molar-refractivity contribution in [3.8, 4) is 0 Å². The van der Waals surface area contributed by atoms with Crippen LogP contribution in [-0.4, -0.2) is 53.6 Å². The van der Waals surface area contributed by atoms with Crippen LogP contribution in [0.5, 0.6) is 0 Å². The van der Waals surface area contributed by atoms with Gasteiger partial charge in [-0.15, -0.1) is 0 Å². The van der Waals surface area contributed by atoms with Crippen LogP contribution in [-0.2, 0) is 22.3 Å². The number of morpholine rings is 1. The van der Waals surface area contributed by atoms with Gasteiger partial charge in [0, 0.05) is 24.5 Å². The lowest BCUT2D eigenvalue weighted by Crippen LogP contribution is -2.35. The first-order valence-electron chi connectivity index (χ1n) is 9.86. The summed E-state index contributed by atoms with van der Waals surface area (Å²) in [5, 5.41) is 5.46. The fourth-order valence-electron chi connectivity index (χ4n) is 3.38. The van der Waals surface area contributed by atoms with Crippen molar-refractivity contribution in [3.05, 3.63) is 53.9 Å². The fourth-order valence-corrected chi connectivity index (χ4v) is 3.38. The molecule has 0 aliphatic carbocycles. The Labute approximate surface area is 176 Å². The molecule has 0 spiro atoms. The van der Waals surface area contributed by atoms with Crippen LogP contribution in [0, 0.1) is 0 Å². The molecule has 0 bridgehead atoms. The molecule has 1 fully saturated rings. The molecule has 2 heterocycles. The summed E-state index contributed by atoms with van der Waals surface area (Å²) in [6.45, 7) is 3.68. The Bertz CT molecular complexity index is 1060. The summed E-state index contributed by atoms with van der Waals surface area (Å²) in [7, 11) is 0. The normalized spacial score (nSPS) is 15.2. The van der Waals surface area contributed by atoms with Crippen LogP contribution in [0.25, 0.3) is 11.0 Å². The average molecular weight is 433 g/mol. The van der Waals surface area contributed by atoms with Crippen molar-refractivity contribution < 1.29 is 22.7 Å². The quantitative estimate of drug-likeness (QED) is 0.555. The number of amides is 1. The van der Waals surface area contributed by atoms with Crippen LogP contribution in [0.15, 0.2) is 42.5 Å². The minimum Gasteiger partial charge on any atom is -0.379 e. The number of H-pyrrole nitrogens is 1. The number of fused-ring (bicyclic) bond motifs is 1. The monoisotopic (exact) mass is 433 g/mol. The number of carbonyl (C=O) groups is 1. The number of aromatic nitrogens is 2. The Morgan fingerprint density at radius 3 is 2.71 bits per heavy atom. The van der Waals surface area contributed by atoms with Gasteiger partial charge in [-0.1, -0.05) is 6.07 Å². The number of alkyl halides is 3. The smallest absolute Gasteiger partial charge is 0.379 e. The highest BCUT2D eigenvalue weighted by atomic mass is 19.4. The van der Waals surface area contributed by atoms with Gasteiger partial charge in [-0.25, -0.2) is 4.98 Å². The van der Waals surface area contributed by atoms with Crippen LogP contribution in [0.1, 0.15) is 11.4 Å². The van der Waals surface area contributed by atoms with Crippen LogP contribution in [0.4, 0.5) is 24.5 Å². The second-order valence-corrected chi connectivity index (χ2v) is 7.28. The van der Waals surface area contributed by atoms with Crippen molar-refractivity contribution in [2.45, 2.75) is 12.7 Å². The minimum atomic E-state index is -4.43. The van der Waals surface area contributed by atoms with Crippen LogP contribution in [0.3, 0.4) is 0 Å². The molecule has 10 heteroatoms. The van der Waals surface area contributed by atoms with Crippen molar-refractivity contribution >= 4 is 28.3 Å². The SMILES string of the molecule is O=C(CNc1cccc(C(F)(F)F)c1)Nc1ccc2nc(CN3CCOCC3)[nH]c2c1. The summed E-state index contributed by atoms with van der Waals surface area (Å²) in [6, 6.07) is 10.1. The van der Waals surface area contributed by atoms with Crippen molar-refractivity contribution in [3.63, 3.8) is 0 Å². The number of anilines is 2.